The predicted octanol–water partition coefficient (Wildman–Crippen LogP) is 2.21. The smallest absolute Gasteiger partial charge is 0.225 e. The number of rotatable bonds is 3. The molecule has 108 valence electrons. The molecule has 0 aromatic carbocycles. The number of anilines is 1. The lowest BCUT2D eigenvalue weighted by atomic mass is 10.1. The Bertz CT molecular complexity index is 766. The summed E-state index contributed by atoms with van der Waals surface area (Å²) in [6, 6.07) is 3.86. The van der Waals surface area contributed by atoms with E-state index in [-0.39, 0.29) is 11.9 Å². The van der Waals surface area contributed by atoms with E-state index in [0.717, 1.165) is 11.1 Å². The van der Waals surface area contributed by atoms with Crippen molar-refractivity contribution >= 4 is 16.9 Å². The van der Waals surface area contributed by atoms with E-state index in [4.69, 9.17) is 0 Å². The van der Waals surface area contributed by atoms with Crippen LogP contribution in [0.5, 0.6) is 5.88 Å². The van der Waals surface area contributed by atoms with Gasteiger partial charge in [-0.05, 0) is 24.6 Å². The Balaban J connectivity index is 2.09. The van der Waals surface area contributed by atoms with E-state index < -0.39 is 0 Å². The summed E-state index contributed by atoms with van der Waals surface area (Å²) in [4.78, 5) is 14.5. The van der Waals surface area contributed by atoms with E-state index in [1.54, 1.807) is 23.2 Å². The molecule has 0 aliphatic heterocycles. The standard InChI is InChI=1S/C15H17N5O/c1-10(11-4-6-16-7-5-11)20-9-13-12(14(20)21)8-17-15(18-13)19(2)3/h4-10,21H,1-3H3. The van der Waals surface area contributed by atoms with E-state index in [2.05, 4.69) is 15.0 Å². The highest BCUT2D eigenvalue weighted by Gasteiger charge is 2.16. The van der Waals surface area contributed by atoms with Gasteiger partial charge in [-0.15, -0.1) is 0 Å². The lowest BCUT2D eigenvalue weighted by Crippen LogP contribution is -2.12. The Morgan fingerprint density at radius 1 is 1.24 bits per heavy atom. The number of pyridine rings is 1. The molecule has 1 N–H and O–H groups in total. The number of fused-ring (bicyclic) bond motifs is 1. The molecule has 3 aromatic heterocycles. The molecule has 0 saturated carbocycles. The van der Waals surface area contributed by atoms with Crippen LogP contribution in [-0.4, -0.2) is 38.7 Å². The molecule has 0 spiro atoms. The molecule has 1 atom stereocenters. The minimum atomic E-state index is -0.00925. The van der Waals surface area contributed by atoms with Crippen LogP contribution in [-0.2, 0) is 0 Å². The predicted molar refractivity (Wildman–Crippen MR) is 81.6 cm³/mol. The molecule has 1 unspecified atom stereocenters. The van der Waals surface area contributed by atoms with E-state index >= 15 is 0 Å². The van der Waals surface area contributed by atoms with Gasteiger partial charge >= 0.3 is 0 Å². The third-order valence-corrected chi connectivity index (χ3v) is 3.56. The quantitative estimate of drug-likeness (QED) is 0.798. The molecule has 0 amide bonds. The Morgan fingerprint density at radius 3 is 2.62 bits per heavy atom. The zero-order valence-electron chi connectivity index (χ0n) is 12.2. The summed E-state index contributed by atoms with van der Waals surface area (Å²) in [7, 11) is 3.77. The van der Waals surface area contributed by atoms with Gasteiger partial charge in [-0.3, -0.25) is 4.98 Å². The van der Waals surface area contributed by atoms with Crippen molar-refractivity contribution in [2.45, 2.75) is 13.0 Å². The fourth-order valence-corrected chi connectivity index (χ4v) is 2.30. The van der Waals surface area contributed by atoms with Crippen LogP contribution in [0.1, 0.15) is 18.5 Å². The van der Waals surface area contributed by atoms with Crippen LogP contribution < -0.4 is 4.90 Å². The maximum absolute atomic E-state index is 10.4. The van der Waals surface area contributed by atoms with Crippen molar-refractivity contribution in [1.29, 1.82) is 0 Å². The van der Waals surface area contributed by atoms with Crippen molar-refractivity contribution < 1.29 is 5.11 Å². The van der Waals surface area contributed by atoms with Gasteiger partial charge in [0.05, 0.1) is 16.9 Å². The van der Waals surface area contributed by atoms with Crippen molar-refractivity contribution in [1.82, 2.24) is 19.5 Å². The fraction of sp³-hybridized carbons (Fsp3) is 0.267. The average molecular weight is 283 g/mol. The number of nitrogens with zero attached hydrogens (tertiary/aromatic N) is 5. The first kappa shape index (κ1) is 13.4. The first-order chi connectivity index (χ1) is 10.1. The monoisotopic (exact) mass is 283 g/mol. The molecular formula is C15H17N5O. The van der Waals surface area contributed by atoms with Crippen LogP contribution in [0.2, 0.25) is 0 Å². The largest absolute Gasteiger partial charge is 0.494 e. The van der Waals surface area contributed by atoms with E-state index in [1.165, 1.54) is 0 Å². The Labute approximate surface area is 122 Å². The zero-order valence-corrected chi connectivity index (χ0v) is 12.2. The highest BCUT2D eigenvalue weighted by Crippen LogP contribution is 2.31. The highest BCUT2D eigenvalue weighted by molar-refractivity contribution is 5.84. The second-order valence-corrected chi connectivity index (χ2v) is 5.18. The molecule has 0 fully saturated rings. The van der Waals surface area contributed by atoms with Crippen LogP contribution in [0.25, 0.3) is 10.9 Å². The van der Waals surface area contributed by atoms with Gasteiger partial charge in [-0.25, -0.2) is 9.97 Å². The van der Waals surface area contributed by atoms with E-state index in [9.17, 15) is 5.11 Å². The van der Waals surface area contributed by atoms with Crippen LogP contribution >= 0.6 is 0 Å². The Kier molecular flexibility index (Phi) is 3.21. The van der Waals surface area contributed by atoms with Crippen LogP contribution in [0.3, 0.4) is 0 Å². The maximum atomic E-state index is 10.4. The van der Waals surface area contributed by atoms with Gasteiger partial charge in [0.2, 0.25) is 11.8 Å². The average Bonchev–Trinajstić information content (AvgIpc) is 2.84. The molecule has 6 nitrogen and oxygen atoms in total. The molecule has 0 bridgehead atoms. The van der Waals surface area contributed by atoms with Gasteiger partial charge in [0, 0.05) is 38.9 Å². The van der Waals surface area contributed by atoms with Gasteiger partial charge in [-0.1, -0.05) is 0 Å². The molecule has 0 aliphatic rings. The molecular weight excluding hydrogens is 266 g/mol. The minimum absolute atomic E-state index is 0.00925. The second-order valence-electron chi connectivity index (χ2n) is 5.18. The van der Waals surface area contributed by atoms with Gasteiger partial charge < -0.3 is 14.6 Å². The normalized spacial score (nSPS) is 12.5. The Morgan fingerprint density at radius 2 is 1.95 bits per heavy atom. The number of aromatic nitrogens is 4. The zero-order chi connectivity index (χ0) is 15.0. The van der Waals surface area contributed by atoms with Crippen molar-refractivity contribution in [2.24, 2.45) is 0 Å². The van der Waals surface area contributed by atoms with Crippen LogP contribution in [0.15, 0.2) is 36.9 Å². The molecule has 0 radical (unpaired) electrons. The van der Waals surface area contributed by atoms with Crippen molar-refractivity contribution in [3.63, 3.8) is 0 Å². The van der Waals surface area contributed by atoms with Gasteiger partial charge in [-0.2, -0.15) is 0 Å². The maximum Gasteiger partial charge on any atom is 0.225 e. The summed E-state index contributed by atoms with van der Waals surface area (Å²) in [5.41, 5.74) is 1.80. The summed E-state index contributed by atoms with van der Waals surface area (Å²) in [5, 5.41) is 11.1. The SMILES string of the molecule is CC(c1ccncc1)n1cc2nc(N(C)C)ncc2c1O. The lowest BCUT2D eigenvalue weighted by Gasteiger charge is -2.14. The van der Waals surface area contributed by atoms with Gasteiger partial charge in [0.15, 0.2) is 0 Å². The minimum Gasteiger partial charge on any atom is -0.494 e. The highest BCUT2D eigenvalue weighted by atomic mass is 16.3. The van der Waals surface area contributed by atoms with Crippen molar-refractivity contribution in [2.75, 3.05) is 19.0 Å². The van der Waals surface area contributed by atoms with Gasteiger partial charge in [0.1, 0.15) is 0 Å². The first-order valence-corrected chi connectivity index (χ1v) is 6.71. The molecule has 0 aliphatic carbocycles. The fourth-order valence-electron chi connectivity index (χ4n) is 2.30. The topological polar surface area (TPSA) is 67.1 Å². The molecule has 3 aromatic rings. The first-order valence-electron chi connectivity index (χ1n) is 6.71. The number of aromatic hydroxyl groups is 1. The summed E-state index contributed by atoms with van der Waals surface area (Å²) in [6.07, 6.45) is 7.00. The number of hydrogen-bond acceptors (Lipinski definition) is 5. The molecule has 21 heavy (non-hydrogen) atoms. The molecule has 3 heterocycles. The second kappa shape index (κ2) is 5.05. The van der Waals surface area contributed by atoms with Crippen LogP contribution in [0, 0.1) is 0 Å². The summed E-state index contributed by atoms with van der Waals surface area (Å²) in [6.45, 7) is 2.02. The third-order valence-electron chi connectivity index (χ3n) is 3.56. The van der Waals surface area contributed by atoms with Crippen LogP contribution in [0.4, 0.5) is 5.95 Å². The summed E-state index contributed by atoms with van der Waals surface area (Å²) < 4.78 is 1.80. The number of hydrogen-bond donors (Lipinski definition) is 1. The summed E-state index contributed by atoms with van der Waals surface area (Å²) >= 11 is 0. The van der Waals surface area contributed by atoms with Gasteiger partial charge in [0.25, 0.3) is 0 Å². The van der Waals surface area contributed by atoms with E-state index in [0.29, 0.717) is 11.3 Å². The Hall–Kier alpha value is -2.63. The molecule has 0 saturated heterocycles. The molecule has 6 heteroatoms. The lowest BCUT2D eigenvalue weighted by molar-refractivity contribution is 0.412. The third kappa shape index (κ3) is 2.29. The van der Waals surface area contributed by atoms with E-state index in [1.807, 2.05) is 44.2 Å². The van der Waals surface area contributed by atoms with Crippen molar-refractivity contribution in [3.05, 3.63) is 42.5 Å². The summed E-state index contributed by atoms with van der Waals surface area (Å²) in [5.74, 6) is 0.802. The molecule has 3 rings (SSSR count). The van der Waals surface area contributed by atoms with Crippen molar-refractivity contribution in [3.8, 4) is 5.88 Å².